The summed E-state index contributed by atoms with van der Waals surface area (Å²) in [6.07, 6.45) is 1.85. The van der Waals surface area contributed by atoms with Crippen LogP contribution in [-0.2, 0) is 6.54 Å². The van der Waals surface area contributed by atoms with Gasteiger partial charge in [0.2, 0.25) is 5.88 Å². The van der Waals surface area contributed by atoms with Crippen molar-refractivity contribution >= 4 is 0 Å². The molecule has 0 radical (unpaired) electrons. The van der Waals surface area contributed by atoms with Gasteiger partial charge in [0.05, 0.1) is 0 Å². The number of pyridine rings is 1. The van der Waals surface area contributed by atoms with Crippen molar-refractivity contribution in [1.29, 1.82) is 0 Å². The molecule has 84 valence electrons. The van der Waals surface area contributed by atoms with Crippen molar-refractivity contribution in [3.05, 3.63) is 23.9 Å². The number of aromatic nitrogens is 1. The molecule has 1 aromatic rings. The van der Waals surface area contributed by atoms with Gasteiger partial charge >= 0.3 is 0 Å². The monoisotopic (exact) mass is 208 g/mol. The smallest absolute Gasteiger partial charge is 0.213 e. The normalized spacial score (nSPS) is 11.5. The van der Waals surface area contributed by atoms with E-state index < -0.39 is 0 Å². The van der Waals surface area contributed by atoms with Crippen LogP contribution in [0.5, 0.6) is 5.88 Å². The van der Waals surface area contributed by atoms with Crippen molar-refractivity contribution in [3.63, 3.8) is 0 Å². The first-order valence-corrected chi connectivity index (χ1v) is 5.36. The SMILES string of the molecule is CCNCc1ccc(OC(C)(C)C)nc1. The number of rotatable bonds is 4. The molecule has 1 rings (SSSR count). The maximum absolute atomic E-state index is 5.63. The quantitative estimate of drug-likeness (QED) is 0.824. The molecule has 15 heavy (non-hydrogen) atoms. The predicted octanol–water partition coefficient (Wildman–Crippen LogP) is 2.37. The van der Waals surface area contributed by atoms with Crippen LogP contribution in [0.4, 0.5) is 0 Å². The molecular weight excluding hydrogens is 188 g/mol. The van der Waals surface area contributed by atoms with Crippen LogP contribution in [0.1, 0.15) is 33.3 Å². The number of ether oxygens (including phenoxy) is 1. The van der Waals surface area contributed by atoms with E-state index in [-0.39, 0.29) is 5.60 Å². The van der Waals surface area contributed by atoms with Gasteiger partial charge in [-0.1, -0.05) is 13.0 Å². The number of hydrogen-bond acceptors (Lipinski definition) is 3. The molecule has 0 aromatic carbocycles. The summed E-state index contributed by atoms with van der Waals surface area (Å²) in [5, 5.41) is 3.25. The molecule has 0 saturated heterocycles. The van der Waals surface area contributed by atoms with Crippen LogP contribution < -0.4 is 10.1 Å². The predicted molar refractivity (Wildman–Crippen MR) is 62.0 cm³/mol. The Morgan fingerprint density at radius 3 is 2.53 bits per heavy atom. The summed E-state index contributed by atoms with van der Waals surface area (Å²) in [6.45, 7) is 9.97. The second-order valence-electron chi connectivity index (χ2n) is 4.50. The van der Waals surface area contributed by atoms with Gasteiger partial charge in [0.1, 0.15) is 5.60 Å². The molecule has 0 spiro atoms. The van der Waals surface area contributed by atoms with E-state index in [9.17, 15) is 0 Å². The van der Waals surface area contributed by atoms with E-state index in [2.05, 4.69) is 17.2 Å². The first-order chi connectivity index (χ1) is 7.01. The fourth-order valence-corrected chi connectivity index (χ4v) is 1.16. The molecule has 0 atom stereocenters. The van der Waals surface area contributed by atoms with Gasteiger partial charge < -0.3 is 10.1 Å². The third-order valence-corrected chi connectivity index (χ3v) is 1.79. The average Bonchev–Trinajstić information content (AvgIpc) is 2.14. The summed E-state index contributed by atoms with van der Waals surface area (Å²) in [5.74, 6) is 0.683. The highest BCUT2D eigenvalue weighted by molar-refractivity contribution is 5.18. The lowest BCUT2D eigenvalue weighted by atomic mass is 10.2. The van der Waals surface area contributed by atoms with E-state index in [0.29, 0.717) is 5.88 Å². The van der Waals surface area contributed by atoms with Crippen molar-refractivity contribution in [2.75, 3.05) is 6.54 Å². The third-order valence-electron chi connectivity index (χ3n) is 1.79. The van der Waals surface area contributed by atoms with Gasteiger partial charge in [-0.15, -0.1) is 0 Å². The van der Waals surface area contributed by atoms with E-state index in [1.807, 2.05) is 39.1 Å². The molecule has 1 heterocycles. The Bertz CT molecular complexity index is 287. The Balaban J connectivity index is 2.56. The molecule has 0 saturated carbocycles. The molecule has 3 heteroatoms. The minimum Gasteiger partial charge on any atom is -0.472 e. The maximum atomic E-state index is 5.63. The summed E-state index contributed by atoms with van der Waals surface area (Å²) < 4.78 is 5.63. The van der Waals surface area contributed by atoms with Crippen molar-refractivity contribution in [1.82, 2.24) is 10.3 Å². The molecule has 0 aliphatic rings. The van der Waals surface area contributed by atoms with Crippen molar-refractivity contribution in [2.24, 2.45) is 0 Å². The molecule has 0 amide bonds. The minimum atomic E-state index is -0.184. The highest BCUT2D eigenvalue weighted by Gasteiger charge is 2.11. The summed E-state index contributed by atoms with van der Waals surface area (Å²) in [4.78, 5) is 4.25. The summed E-state index contributed by atoms with van der Waals surface area (Å²) in [6, 6.07) is 3.95. The van der Waals surface area contributed by atoms with Gasteiger partial charge in [-0.25, -0.2) is 4.98 Å². The molecule has 1 aromatic heterocycles. The van der Waals surface area contributed by atoms with E-state index >= 15 is 0 Å². The Morgan fingerprint density at radius 2 is 2.07 bits per heavy atom. The summed E-state index contributed by atoms with van der Waals surface area (Å²) in [7, 11) is 0. The Morgan fingerprint density at radius 1 is 1.33 bits per heavy atom. The highest BCUT2D eigenvalue weighted by Crippen LogP contribution is 2.14. The van der Waals surface area contributed by atoms with Crippen LogP contribution in [0.3, 0.4) is 0 Å². The molecule has 0 aliphatic carbocycles. The zero-order chi connectivity index (χ0) is 11.3. The third kappa shape index (κ3) is 4.79. The summed E-state index contributed by atoms with van der Waals surface area (Å²) in [5.41, 5.74) is 0.994. The number of hydrogen-bond donors (Lipinski definition) is 1. The van der Waals surface area contributed by atoms with Crippen LogP contribution >= 0.6 is 0 Å². The number of nitrogens with one attached hydrogen (secondary N) is 1. The van der Waals surface area contributed by atoms with E-state index in [1.165, 1.54) is 5.56 Å². The van der Waals surface area contributed by atoms with Crippen molar-refractivity contribution in [2.45, 2.75) is 39.8 Å². The van der Waals surface area contributed by atoms with Crippen LogP contribution in [0.2, 0.25) is 0 Å². The zero-order valence-corrected chi connectivity index (χ0v) is 10.0. The fourth-order valence-electron chi connectivity index (χ4n) is 1.16. The topological polar surface area (TPSA) is 34.1 Å². The van der Waals surface area contributed by atoms with Gasteiger partial charge in [-0.3, -0.25) is 0 Å². The molecule has 0 bridgehead atoms. The zero-order valence-electron chi connectivity index (χ0n) is 10.0. The molecule has 0 aliphatic heterocycles. The van der Waals surface area contributed by atoms with Crippen molar-refractivity contribution < 1.29 is 4.74 Å². The molecule has 1 N–H and O–H groups in total. The Hall–Kier alpha value is -1.09. The van der Waals surface area contributed by atoms with Gasteiger partial charge in [0.15, 0.2) is 0 Å². The Labute approximate surface area is 91.9 Å². The first-order valence-electron chi connectivity index (χ1n) is 5.36. The molecular formula is C12H20N2O. The van der Waals surface area contributed by atoms with Gasteiger partial charge in [-0.2, -0.15) is 0 Å². The number of nitrogens with zero attached hydrogens (tertiary/aromatic N) is 1. The van der Waals surface area contributed by atoms with Crippen molar-refractivity contribution in [3.8, 4) is 5.88 Å². The van der Waals surface area contributed by atoms with Gasteiger partial charge in [-0.05, 0) is 32.9 Å². The highest BCUT2D eigenvalue weighted by atomic mass is 16.5. The summed E-state index contributed by atoms with van der Waals surface area (Å²) >= 11 is 0. The Kier molecular flexibility index (Phi) is 4.09. The minimum absolute atomic E-state index is 0.184. The van der Waals surface area contributed by atoms with Crippen LogP contribution in [0.25, 0.3) is 0 Å². The molecule has 3 nitrogen and oxygen atoms in total. The van der Waals surface area contributed by atoms with Crippen LogP contribution in [0.15, 0.2) is 18.3 Å². The second-order valence-corrected chi connectivity index (χ2v) is 4.50. The lowest BCUT2D eigenvalue weighted by Crippen LogP contribution is -2.23. The fraction of sp³-hybridized carbons (Fsp3) is 0.583. The standard InChI is InChI=1S/C12H20N2O/c1-5-13-8-10-6-7-11(14-9-10)15-12(2,3)4/h6-7,9,13H,5,8H2,1-4H3. The second kappa shape index (κ2) is 5.12. The van der Waals surface area contributed by atoms with E-state index in [4.69, 9.17) is 4.74 Å². The molecule has 0 fully saturated rings. The van der Waals surface area contributed by atoms with Crippen LogP contribution in [0, 0.1) is 0 Å². The largest absolute Gasteiger partial charge is 0.472 e. The van der Waals surface area contributed by atoms with Crippen LogP contribution in [-0.4, -0.2) is 17.1 Å². The lowest BCUT2D eigenvalue weighted by Gasteiger charge is -2.20. The molecule has 0 unspecified atom stereocenters. The van der Waals surface area contributed by atoms with E-state index in [1.54, 1.807) is 0 Å². The lowest BCUT2D eigenvalue weighted by molar-refractivity contribution is 0.124. The van der Waals surface area contributed by atoms with Gasteiger partial charge in [0, 0.05) is 18.8 Å². The van der Waals surface area contributed by atoms with Gasteiger partial charge in [0.25, 0.3) is 0 Å². The van der Waals surface area contributed by atoms with E-state index in [0.717, 1.165) is 13.1 Å². The maximum Gasteiger partial charge on any atom is 0.213 e. The average molecular weight is 208 g/mol. The first kappa shape index (κ1) is 12.0.